The molecule has 1 aromatic carbocycles. The zero-order chi connectivity index (χ0) is 20.0. The van der Waals surface area contributed by atoms with Crippen LogP contribution in [-0.2, 0) is 14.8 Å². The van der Waals surface area contributed by atoms with Gasteiger partial charge in [0, 0.05) is 26.0 Å². The highest BCUT2D eigenvalue weighted by atomic mass is 32.2. The van der Waals surface area contributed by atoms with Crippen LogP contribution in [0.1, 0.15) is 31.7 Å². The molecular weight excluding hydrogens is 382 g/mol. The standard InChI is InChI=1S/C19H25N3O3S2/c1-5-14(2)16-8-6-7-9-17(16)21-18(23)13-26-19-11-10-15(12-20-19)27(24,25)22(3)4/h6-12,14H,5,13H2,1-4H3,(H,21,23)/t14-/m0/s1. The number of carbonyl (C=O) groups excluding carboxylic acids is 1. The Bertz CT molecular complexity index is 881. The number of benzene rings is 1. The van der Waals surface area contributed by atoms with Gasteiger partial charge in [0.15, 0.2) is 0 Å². The summed E-state index contributed by atoms with van der Waals surface area (Å²) in [5.74, 6) is 0.436. The van der Waals surface area contributed by atoms with Gasteiger partial charge in [-0.2, -0.15) is 0 Å². The first-order chi connectivity index (χ1) is 12.8. The Kier molecular flexibility index (Phi) is 7.41. The molecule has 146 valence electrons. The molecule has 0 saturated heterocycles. The van der Waals surface area contributed by atoms with Gasteiger partial charge in [-0.3, -0.25) is 4.79 Å². The second kappa shape index (κ2) is 9.34. The van der Waals surface area contributed by atoms with E-state index in [4.69, 9.17) is 0 Å². The van der Waals surface area contributed by atoms with Crippen LogP contribution in [0.2, 0.25) is 0 Å². The number of nitrogens with zero attached hydrogens (tertiary/aromatic N) is 2. The van der Waals surface area contributed by atoms with Gasteiger partial charge in [-0.1, -0.05) is 43.8 Å². The molecule has 0 unspecified atom stereocenters. The lowest BCUT2D eigenvalue weighted by atomic mass is 9.97. The number of anilines is 1. The molecule has 6 nitrogen and oxygen atoms in total. The highest BCUT2D eigenvalue weighted by Gasteiger charge is 2.17. The van der Waals surface area contributed by atoms with E-state index >= 15 is 0 Å². The number of aromatic nitrogens is 1. The van der Waals surface area contributed by atoms with Crippen molar-refractivity contribution < 1.29 is 13.2 Å². The lowest BCUT2D eigenvalue weighted by Crippen LogP contribution is -2.22. The zero-order valence-electron chi connectivity index (χ0n) is 16.0. The Morgan fingerprint density at radius 3 is 2.52 bits per heavy atom. The first-order valence-electron chi connectivity index (χ1n) is 8.65. The Morgan fingerprint density at radius 2 is 1.93 bits per heavy atom. The van der Waals surface area contributed by atoms with Gasteiger partial charge in [0.1, 0.15) is 4.90 Å². The van der Waals surface area contributed by atoms with Gasteiger partial charge in [0.05, 0.1) is 10.8 Å². The minimum absolute atomic E-state index is 0.123. The molecule has 2 aromatic rings. The van der Waals surface area contributed by atoms with Gasteiger partial charge < -0.3 is 5.32 Å². The number of para-hydroxylation sites is 1. The second-order valence-electron chi connectivity index (χ2n) is 6.35. The van der Waals surface area contributed by atoms with Crippen molar-refractivity contribution in [2.75, 3.05) is 25.2 Å². The molecule has 1 N–H and O–H groups in total. The van der Waals surface area contributed by atoms with Crippen LogP contribution in [0.25, 0.3) is 0 Å². The smallest absolute Gasteiger partial charge is 0.244 e. The molecule has 0 aliphatic heterocycles. The Balaban J connectivity index is 1.99. The highest BCUT2D eigenvalue weighted by molar-refractivity contribution is 7.99. The van der Waals surface area contributed by atoms with Crippen LogP contribution in [0.4, 0.5) is 5.69 Å². The van der Waals surface area contributed by atoms with Crippen molar-refractivity contribution in [3.63, 3.8) is 0 Å². The fraction of sp³-hybridized carbons (Fsp3) is 0.368. The van der Waals surface area contributed by atoms with E-state index in [9.17, 15) is 13.2 Å². The van der Waals surface area contributed by atoms with Gasteiger partial charge in [-0.05, 0) is 36.1 Å². The summed E-state index contributed by atoms with van der Waals surface area (Å²) in [4.78, 5) is 16.6. The average Bonchev–Trinajstić information content (AvgIpc) is 2.66. The molecule has 8 heteroatoms. The molecule has 0 spiro atoms. The number of pyridine rings is 1. The Hall–Kier alpha value is -1.90. The summed E-state index contributed by atoms with van der Waals surface area (Å²) in [6.45, 7) is 4.25. The van der Waals surface area contributed by atoms with Crippen molar-refractivity contribution >= 4 is 33.4 Å². The molecule has 0 bridgehead atoms. The number of thioether (sulfide) groups is 1. The number of nitrogens with one attached hydrogen (secondary N) is 1. The molecule has 0 aliphatic rings. The molecule has 0 saturated carbocycles. The summed E-state index contributed by atoms with van der Waals surface area (Å²) in [5.41, 5.74) is 1.95. The fourth-order valence-electron chi connectivity index (χ4n) is 2.40. The van der Waals surface area contributed by atoms with Crippen LogP contribution < -0.4 is 5.32 Å². The minimum atomic E-state index is -3.50. The Labute approximate surface area is 165 Å². The number of hydrogen-bond acceptors (Lipinski definition) is 5. The van der Waals surface area contributed by atoms with Gasteiger partial charge in [0.25, 0.3) is 0 Å². The van der Waals surface area contributed by atoms with Gasteiger partial charge in [0.2, 0.25) is 15.9 Å². The van der Waals surface area contributed by atoms with Crippen LogP contribution in [0.3, 0.4) is 0 Å². The summed E-state index contributed by atoms with van der Waals surface area (Å²) in [5, 5.41) is 3.55. The molecule has 1 amide bonds. The number of hydrogen-bond donors (Lipinski definition) is 1. The molecule has 1 heterocycles. The summed E-state index contributed by atoms with van der Waals surface area (Å²) >= 11 is 1.26. The maximum Gasteiger partial charge on any atom is 0.244 e. The summed E-state index contributed by atoms with van der Waals surface area (Å²) in [6.07, 6.45) is 2.31. The Morgan fingerprint density at radius 1 is 1.22 bits per heavy atom. The average molecular weight is 408 g/mol. The van der Waals surface area contributed by atoms with Crippen LogP contribution >= 0.6 is 11.8 Å². The van der Waals surface area contributed by atoms with Crippen molar-refractivity contribution in [1.29, 1.82) is 0 Å². The largest absolute Gasteiger partial charge is 0.325 e. The van der Waals surface area contributed by atoms with Gasteiger partial charge in [-0.25, -0.2) is 17.7 Å². The normalized spacial score (nSPS) is 12.8. The maximum atomic E-state index is 12.3. The van der Waals surface area contributed by atoms with Crippen molar-refractivity contribution in [3.8, 4) is 0 Å². The fourth-order valence-corrected chi connectivity index (χ4v) is 3.89. The zero-order valence-corrected chi connectivity index (χ0v) is 17.6. The molecule has 1 atom stereocenters. The van der Waals surface area contributed by atoms with E-state index in [1.165, 1.54) is 38.1 Å². The minimum Gasteiger partial charge on any atom is -0.325 e. The third kappa shape index (κ3) is 5.54. The van der Waals surface area contributed by atoms with Crippen molar-refractivity contribution in [2.45, 2.75) is 36.1 Å². The van der Waals surface area contributed by atoms with E-state index in [-0.39, 0.29) is 16.6 Å². The highest BCUT2D eigenvalue weighted by Crippen LogP contribution is 2.27. The maximum absolute atomic E-state index is 12.3. The lowest BCUT2D eigenvalue weighted by Gasteiger charge is -2.15. The SMILES string of the molecule is CC[C@H](C)c1ccccc1NC(=O)CSc1ccc(S(=O)(=O)N(C)C)cn1. The predicted octanol–water partition coefficient (Wildman–Crippen LogP) is 3.58. The number of amides is 1. The van der Waals surface area contributed by atoms with Crippen molar-refractivity contribution in [3.05, 3.63) is 48.2 Å². The predicted molar refractivity (Wildman–Crippen MR) is 110 cm³/mol. The number of sulfonamides is 1. The number of rotatable bonds is 8. The van der Waals surface area contributed by atoms with E-state index in [2.05, 4.69) is 24.1 Å². The van der Waals surface area contributed by atoms with E-state index < -0.39 is 10.0 Å². The monoisotopic (exact) mass is 407 g/mol. The van der Waals surface area contributed by atoms with Crippen LogP contribution in [-0.4, -0.2) is 43.5 Å². The van der Waals surface area contributed by atoms with Crippen molar-refractivity contribution in [2.24, 2.45) is 0 Å². The first kappa shape index (κ1) is 21.4. The summed E-state index contributed by atoms with van der Waals surface area (Å²) < 4.78 is 25.2. The molecular formula is C19H25N3O3S2. The molecule has 27 heavy (non-hydrogen) atoms. The van der Waals surface area contributed by atoms with E-state index in [1.54, 1.807) is 6.07 Å². The third-order valence-electron chi connectivity index (χ3n) is 4.22. The topological polar surface area (TPSA) is 79.4 Å². The van der Waals surface area contributed by atoms with Crippen LogP contribution in [0, 0.1) is 0 Å². The number of carbonyl (C=O) groups is 1. The molecule has 0 aliphatic carbocycles. The van der Waals surface area contributed by atoms with Gasteiger partial charge >= 0.3 is 0 Å². The van der Waals surface area contributed by atoms with E-state index in [0.29, 0.717) is 10.9 Å². The van der Waals surface area contributed by atoms with Crippen LogP contribution in [0.15, 0.2) is 52.5 Å². The van der Waals surface area contributed by atoms with Gasteiger partial charge in [-0.15, -0.1) is 0 Å². The molecule has 2 rings (SSSR count). The molecule has 0 fully saturated rings. The first-order valence-corrected chi connectivity index (χ1v) is 11.1. The summed E-state index contributed by atoms with van der Waals surface area (Å²) in [7, 11) is -0.555. The van der Waals surface area contributed by atoms with Crippen LogP contribution in [0.5, 0.6) is 0 Å². The third-order valence-corrected chi connectivity index (χ3v) is 6.96. The molecule has 0 radical (unpaired) electrons. The van der Waals surface area contributed by atoms with E-state index in [0.717, 1.165) is 22.0 Å². The lowest BCUT2D eigenvalue weighted by molar-refractivity contribution is -0.113. The van der Waals surface area contributed by atoms with Crippen molar-refractivity contribution in [1.82, 2.24) is 9.29 Å². The summed E-state index contributed by atoms with van der Waals surface area (Å²) in [6, 6.07) is 10.9. The molecule has 1 aromatic heterocycles. The second-order valence-corrected chi connectivity index (χ2v) is 9.50. The quantitative estimate of drug-likeness (QED) is 0.677. The van der Waals surface area contributed by atoms with E-state index in [1.807, 2.05) is 24.3 Å².